The normalized spacial score (nSPS) is 17.4. The van der Waals surface area contributed by atoms with Crippen LogP contribution in [0.1, 0.15) is 45.3 Å². The van der Waals surface area contributed by atoms with Crippen molar-refractivity contribution in [2.75, 3.05) is 18.1 Å². The van der Waals surface area contributed by atoms with E-state index < -0.39 is 33.8 Å². The van der Waals surface area contributed by atoms with E-state index in [1.807, 2.05) is 11.5 Å². The summed E-state index contributed by atoms with van der Waals surface area (Å²) in [4.78, 5) is 26.1. The molecule has 3 aromatic rings. The van der Waals surface area contributed by atoms with E-state index in [-0.39, 0.29) is 17.5 Å². The minimum atomic E-state index is -3.08. The lowest BCUT2D eigenvalue weighted by Crippen LogP contribution is -2.39. The molecule has 7 nitrogen and oxygen atoms in total. The van der Waals surface area contributed by atoms with Crippen LogP contribution in [0.15, 0.2) is 66.7 Å². The second kappa shape index (κ2) is 9.19. The highest BCUT2D eigenvalue weighted by molar-refractivity contribution is 7.91. The maximum absolute atomic E-state index is 13.1. The van der Waals surface area contributed by atoms with Gasteiger partial charge in [0.1, 0.15) is 0 Å². The number of aryl methyl sites for hydroxylation is 1. The molecule has 2 aromatic carbocycles. The van der Waals surface area contributed by atoms with E-state index in [0.717, 1.165) is 5.69 Å². The van der Waals surface area contributed by atoms with Crippen molar-refractivity contribution in [1.82, 2.24) is 4.57 Å². The largest absolute Gasteiger partial charge is 0.455 e. The van der Waals surface area contributed by atoms with Crippen molar-refractivity contribution < 1.29 is 27.9 Å². The predicted octanol–water partition coefficient (Wildman–Crippen LogP) is 3.13. The van der Waals surface area contributed by atoms with Gasteiger partial charge in [0.25, 0.3) is 0 Å². The summed E-state index contributed by atoms with van der Waals surface area (Å²) in [5, 5.41) is 11.5. The van der Waals surface area contributed by atoms with E-state index in [9.17, 15) is 23.1 Å². The number of sulfone groups is 1. The Kier molecular flexibility index (Phi) is 6.47. The predicted molar refractivity (Wildman–Crippen MR) is 127 cm³/mol. The molecule has 0 amide bonds. The van der Waals surface area contributed by atoms with Gasteiger partial charge in [-0.3, -0.25) is 4.79 Å². The number of ketones is 1. The maximum atomic E-state index is 13.1. The molecular formula is C26H27NO6S. The number of nitrogens with zero attached hydrogens (tertiary/aromatic N) is 1. The van der Waals surface area contributed by atoms with Gasteiger partial charge in [-0.15, -0.1) is 0 Å². The summed E-state index contributed by atoms with van der Waals surface area (Å²) in [6.07, 6.45) is 0.502. The number of aliphatic hydroxyl groups is 1. The molecule has 1 aliphatic heterocycles. The van der Waals surface area contributed by atoms with Crippen LogP contribution in [-0.4, -0.2) is 48.0 Å². The number of ether oxygens (including phenoxy) is 1. The highest BCUT2D eigenvalue weighted by atomic mass is 32.2. The lowest BCUT2D eigenvalue weighted by molar-refractivity contribution is -0.160. The molecule has 1 fully saturated rings. The van der Waals surface area contributed by atoms with Crippen LogP contribution in [0.4, 0.5) is 0 Å². The van der Waals surface area contributed by atoms with Crippen LogP contribution in [0.25, 0.3) is 0 Å². The maximum Gasteiger partial charge on any atom is 0.348 e. The number of hydrogen-bond donors (Lipinski definition) is 1. The molecule has 1 saturated heterocycles. The first kappa shape index (κ1) is 23.9. The lowest BCUT2D eigenvalue weighted by Gasteiger charge is -2.27. The zero-order valence-electron chi connectivity index (χ0n) is 19.1. The molecule has 178 valence electrons. The lowest BCUT2D eigenvalue weighted by atomic mass is 9.86. The Balaban J connectivity index is 1.56. The number of benzene rings is 2. The van der Waals surface area contributed by atoms with E-state index in [0.29, 0.717) is 28.8 Å². The zero-order valence-corrected chi connectivity index (χ0v) is 19.9. The molecular weight excluding hydrogens is 454 g/mol. The molecule has 1 atom stereocenters. The van der Waals surface area contributed by atoms with Gasteiger partial charge in [0.05, 0.1) is 11.5 Å². The molecule has 2 heterocycles. The Bertz CT molecular complexity index is 1270. The molecule has 0 spiro atoms. The summed E-state index contributed by atoms with van der Waals surface area (Å²) in [6.45, 7) is 3.04. The van der Waals surface area contributed by atoms with E-state index in [1.165, 1.54) is 0 Å². The number of carbonyl (C=O) groups excluding carboxylic acids is 2. The number of carbonyl (C=O) groups is 2. The Hall–Kier alpha value is -3.23. The first-order valence-corrected chi connectivity index (χ1v) is 12.9. The average molecular weight is 482 g/mol. The fraction of sp³-hybridized carbons (Fsp3) is 0.308. The van der Waals surface area contributed by atoms with Crippen molar-refractivity contribution in [1.29, 1.82) is 0 Å². The minimum Gasteiger partial charge on any atom is -0.455 e. The van der Waals surface area contributed by atoms with Crippen molar-refractivity contribution in [3.05, 3.63) is 94.8 Å². The van der Waals surface area contributed by atoms with Crippen LogP contribution in [0, 0.1) is 13.8 Å². The molecule has 1 aromatic heterocycles. The van der Waals surface area contributed by atoms with Crippen LogP contribution < -0.4 is 0 Å². The first-order valence-electron chi connectivity index (χ1n) is 11.1. The quantitative estimate of drug-likeness (QED) is 0.411. The van der Waals surface area contributed by atoms with E-state index in [1.54, 1.807) is 73.7 Å². The Morgan fingerprint density at radius 1 is 1.03 bits per heavy atom. The molecule has 0 radical (unpaired) electrons. The van der Waals surface area contributed by atoms with Crippen molar-refractivity contribution in [3.8, 4) is 0 Å². The monoisotopic (exact) mass is 481 g/mol. The Labute approximate surface area is 198 Å². The van der Waals surface area contributed by atoms with E-state index >= 15 is 0 Å². The van der Waals surface area contributed by atoms with Gasteiger partial charge >= 0.3 is 5.97 Å². The minimum absolute atomic E-state index is 0.0488. The summed E-state index contributed by atoms with van der Waals surface area (Å²) in [5.74, 6) is -1.19. The Morgan fingerprint density at radius 2 is 1.59 bits per heavy atom. The summed E-state index contributed by atoms with van der Waals surface area (Å²) < 4.78 is 31.1. The zero-order chi connectivity index (χ0) is 24.5. The first-order chi connectivity index (χ1) is 16.1. The van der Waals surface area contributed by atoms with E-state index in [4.69, 9.17) is 4.74 Å². The molecule has 4 rings (SSSR count). The van der Waals surface area contributed by atoms with Gasteiger partial charge in [-0.2, -0.15) is 0 Å². The fourth-order valence-electron chi connectivity index (χ4n) is 4.67. The molecule has 1 N–H and O–H groups in total. The van der Waals surface area contributed by atoms with Gasteiger partial charge in [0.2, 0.25) is 11.4 Å². The highest BCUT2D eigenvalue weighted by Crippen LogP contribution is 2.32. The van der Waals surface area contributed by atoms with Crippen LogP contribution in [-0.2, 0) is 25.0 Å². The molecule has 0 bridgehead atoms. The van der Waals surface area contributed by atoms with Gasteiger partial charge in [-0.1, -0.05) is 60.7 Å². The van der Waals surface area contributed by atoms with Crippen molar-refractivity contribution in [2.45, 2.75) is 31.9 Å². The number of Topliss-reactive ketones (excluding diaryl/α,β-unsaturated/α-hetero) is 1. The molecule has 34 heavy (non-hydrogen) atoms. The smallest absolute Gasteiger partial charge is 0.348 e. The SMILES string of the molecule is Cc1cc(C(=O)COC(=O)C(O)(c2ccccc2)c2ccccc2)c(C)n1[C@@H]1CCS(=O)(=O)C1. The van der Waals surface area contributed by atoms with Crippen molar-refractivity contribution in [3.63, 3.8) is 0 Å². The van der Waals surface area contributed by atoms with Crippen molar-refractivity contribution in [2.24, 2.45) is 0 Å². The highest BCUT2D eigenvalue weighted by Gasteiger charge is 2.42. The van der Waals surface area contributed by atoms with Crippen LogP contribution >= 0.6 is 0 Å². The molecule has 0 saturated carbocycles. The van der Waals surface area contributed by atoms with Gasteiger partial charge in [-0.25, -0.2) is 13.2 Å². The standard InChI is InChI=1S/C26H27NO6S/c1-18-15-23(19(2)27(18)22-13-14-34(31,32)17-22)24(28)16-33-25(29)26(30,20-9-5-3-6-10-20)21-11-7-4-8-12-21/h3-12,15,22,30H,13-14,16-17H2,1-2H3/t22-/m1/s1. The molecule has 1 aliphatic rings. The van der Waals surface area contributed by atoms with Crippen LogP contribution in [0.3, 0.4) is 0 Å². The number of esters is 1. The summed E-state index contributed by atoms with van der Waals surface area (Å²) in [6, 6.07) is 18.4. The van der Waals surface area contributed by atoms with Gasteiger partial charge in [0, 0.05) is 23.0 Å². The summed E-state index contributed by atoms with van der Waals surface area (Å²) in [7, 11) is -3.08. The number of aromatic nitrogens is 1. The summed E-state index contributed by atoms with van der Waals surface area (Å²) in [5.41, 5.74) is 0.384. The summed E-state index contributed by atoms with van der Waals surface area (Å²) >= 11 is 0. The fourth-order valence-corrected chi connectivity index (χ4v) is 6.37. The molecule has 0 unspecified atom stereocenters. The van der Waals surface area contributed by atoms with E-state index in [2.05, 4.69) is 0 Å². The number of hydrogen-bond acceptors (Lipinski definition) is 6. The molecule has 0 aliphatic carbocycles. The van der Waals surface area contributed by atoms with Gasteiger partial charge < -0.3 is 14.4 Å². The third-order valence-electron chi connectivity index (χ3n) is 6.37. The topological polar surface area (TPSA) is 103 Å². The van der Waals surface area contributed by atoms with Crippen LogP contribution in [0.5, 0.6) is 0 Å². The third-order valence-corrected chi connectivity index (χ3v) is 8.12. The number of rotatable bonds is 7. The van der Waals surface area contributed by atoms with Gasteiger partial charge in [0.15, 0.2) is 16.4 Å². The molecule has 8 heteroatoms. The van der Waals surface area contributed by atoms with Crippen LogP contribution in [0.2, 0.25) is 0 Å². The second-order valence-corrected chi connectivity index (χ2v) is 10.9. The Morgan fingerprint density at radius 3 is 2.09 bits per heavy atom. The van der Waals surface area contributed by atoms with Gasteiger partial charge in [-0.05, 0) is 37.5 Å². The average Bonchev–Trinajstić information content (AvgIpc) is 3.34. The third kappa shape index (κ3) is 4.43. The second-order valence-electron chi connectivity index (χ2n) is 8.65. The van der Waals surface area contributed by atoms with Crippen molar-refractivity contribution >= 4 is 21.6 Å².